The lowest BCUT2D eigenvalue weighted by atomic mass is 9.98. The van der Waals surface area contributed by atoms with Gasteiger partial charge in [-0.1, -0.05) is 36.9 Å². The van der Waals surface area contributed by atoms with Gasteiger partial charge < -0.3 is 24.2 Å². The molecule has 0 saturated carbocycles. The van der Waals surface area contributed by atoms with Gasteiger partial charge in [-0.05, 0) is 80.3 Å². The number of para-hydroxylation sites is 1. The average Bonchev–Trinajstić information content (AvgIpc) is 3.30. The summed E-state index contributed by atoms with van der Waals surface area (Å²) in [7, 11) is 0. The molecular weight excluding hydrogens is 533 g/mol. The van der Waals surface area contributed by atoms with Crippen LogP contribution in [0.5, 0.6) is 5.75 Å². The quantitative estimate of drug-likeness (QED) is 0.193. The molecule has 8 heteroatoms. The molecule has 0 aliphatic carbocycles. The molecule has 0 saturated heterocycles. The Morgan fingerprint density at radius 3 is 2.83 bits per heavy atom. The fourth-order valence-electron chi connectivity index (χ4n) is 5.55. The van der Waals surface area contributed by atoms with Gasteiger partial charge in [0.25, 0.3) is 0 Å². The standard InChI is InChI=1S/C34H38FN3O4/c1-4-41-34(39)33-30(13-9-20-42-31-14-7-10-25-22-26(35)15-16-28(25)31)29-12-8-11-27-23(2)24(3)37-36-17-21-40-19-6-5-18-38(33)32(27)29/h7-8,10-12,14-16,22,36H,2,4-6,9,13,17-21H2,1,3H3/b37-24-. The van der Waals surface area contributed by atoms with Gasteiger partial charge in [0, 0.05) is 29.5 Å². The summed E-state index contributed by atoms with van der Waals surface area (Å²) in [5.74, 6) is 0.103. The molecule has 3 aromatic carbocycles. The number of aromatic nitrogens is 1. The first-order valence-corrected chi connectivity index (χ1v) is 14.7. The molecule has 0 unspecified atom stereocenters. The van der Waals surface area contributed by atoms with Crippen molar-refractivity contribution in [3.63, 3.8) is 0 Å². The Kier molecular flexibility index (Phi) is 9.54. The summed E-state index contributed by atoms with van der Waals surface area (Å²) in [6.45, 7) is 11.3. The number of aryl methyl sites for hydroxylation is 2. The van der Waals surface area contributed by atoms with Gasteiger partial charge in [0.1, 0.15) is 17.3 Å². The van der Waals surface area contributed by atoms with Crippen molar-refractivity contribution in [3.8, 4) is 5.75 Å². The Hall–Kier alpha value is -4.17. The number of carbonyl (C=O) groups is 1. The van der Waals surface area contributed by atoms with Gasteiger partial charge in [-0.2, -0.15) is 5.10 Å². The van der Waals surface area contributed by atoms with Crippen molar-refractivity contribution >= 4 is 38.9 Å². The van der Waals surface area contributed by atoms with E-state index in [1.165, 1.54) is 12.1 Å². The molecular formula is C34H38FN3O4. The number of hydrazone groups is 1. The van der Waals surface area contributed by atoms with Gasteiger partial charge >= 0.3 is 5.97 Å². The first-order chi connectivity index (χ1) is 20.5. The minimum absolute atomic E-state index is 0.275. The largest absolute Gasteiger partial charge is 0.493 e. The molecule has 1 aromatic heterocycles. The van der Waals surface area contributed by atoms with Crippen LogP contribution in [0.1, 0.15) is 54.7 Å². The SMILES string of the molecule is C=C1/C(C)=N\NCCOCCCCn2c(C(=O)OCC)c(CCCOc3cccc4cc(F)ccc34)c3cccc1c32. The summed E-state index contributed by atoms with van der Waals surface area (Å²) in [5.41, 5.74) is 8.07. The Labute approximate surface area is 245 Å². The fourth-order valence-corrected chi connectivity index (χ4v) is 5.55. The lowest BCUT2D eigenvalue weighted by Gasteiger charge is -2.15. The topological polar surface area (TPSA) is 74.1 Å². The zero-order valence-electron chi connectivity index (χ0n) is 24.4. The molecule has 0 spiro atoms. The number of nitrogens with one attached hydrogen (secondary N) is 1. The molecule has 0 atom stereocenters. The van der Waals surface area contributed by atoms with Crippen LogP contribution in [0.3, 0.4) is 0 Å². The highest BCUT2D eigenvalue weighted by Gasteiger charge is 2.26. The monoisotopic (exact) mass is 571 g/mol. The van der Waals surface area contributed by atoms with Gasteiger partial charge in [-0.25, -0.2) is 9.18 Å². The van der Waals surface area contributed by atoms with E-state index >= 15 is 0 Å². The van der Waals surface area contributed by atoms with E-state index in [0.717, 1.165) is 56.9 Å². The van der Waals surface area contributed by atoms with E-state index in [2.05, 4.69) is 27.7 Å². The van der Waals surface area contributed by atoms with Crippen LogP contribution in [0, 0.1) is 5.82 Å². The molecule has 5 rings (SSSR count). The molecule has 0 fully saturated rings. The molecule has 1 aliphatic rings. The number of carbonyl (C=O) groups excluding carboxylic acids is 1. The van der Waals surface area contributed by atoms with E-state index in [4.69, 9.17) is 14.2 Å². The first-order valence-electron chi connectivity index (χ1n) is 14.7. The van der Waals surface area contributed by atoms with Gasteiger partial charge in [0.15, 0.2) is 0 Å². The zero-order chi connectivity index (χ0) is 29.5. The minimum atomic E-state index is -0.332. The first kappa shape index (κ1) is 29.3. The van der Waals surface area contributed by atoms with Crippen LogP contribution in [-0.2, 0) is 22.4 Å². The maximum absolute atomic E-state index is 13.7. The highest BCUT2D eigenvalue weighted by molar-refractivity contribution is 6.25. The second-order valence-electron chi connectivity index (χ2n) is 10.4. The Bertz CT molecular complexity index is 1620. The van der Waals surface area contributed by atoms with Crippen LogP contribution in [0.4, 0.5) is 4.39 Å². The molecule has 1 aliphatic heterocycles. The molecule has 0 bridgehead atoms. The third kappa shape index (κ3) is 6.34. The van der Waals surface area contributed by atoms with Crippen LogP contribution < -0.4 is 10.2 Å². The normalized spacial score (nSPS) is 16.0. The van der Waals surface area contributed by atoms with Gasteiger partial charge in [-0.15, -0.1) is 0 Å². The minimum Gasteiger partial charge on any atom is -0.493 e. The van der Waals surface area contributed by atoms with Crippen LogP contribution in [0.2, 0.25) is 0 Å². The lowest BCUT2D eigenvalue weighted by Crippen LogP contribution is -2.18. The van der Waals surface area contributed by atoms with Gasteiger partial charge in [0.2, 0.25) is 0 Å². The van der Waals surface area contributed by atoms with Crippen molar-refractivity contribution in [2.45, 2.75) is 46.1 Å². The highest BCUT2D eigenvalue weighted by atomic mass is 19.1. The van der Waals surface area contributed by atoms with Crippen molar-refractivity contribution in [2.24, 2.45) is 5.10 Å². The molecule has 42 heavy (non-hydrogen) atoms. The summed E-state index contributed by atoms with van der Waals surface area (Å²) >= 11 is 0. The third-order valence-electron chi connectivity index (χ3n) is 7.57. The van der Waals surface area contributed by atoms with E-state index in [1.807, 2.05) is 44.2 Å². The second-order valence-corrected chi connectivity index (χ2v) is 10.4. The smallest absolute Gasteiger partial charge is 0.355 e. The Morgan fingerprint density at radius 1 is 1.12 bits per heavy atom. The maximum Gasteiger partial charge on any atom is 0.355 e. The average molecular weight is 572 g/mol. The molecule has 0 radical (unpaired) electrons. The van der Waals surface area contributed by atoms with Crippen molar-refractivity contribution in [3.05, 3.63) is 83.8 Å². The third-order valence-corrected chi connectivity index (χ3v) is 7.57. The molecule has 2 heterocycles. The van der Waals surface area contributed by atoms with Crippen molar-refractivity contribution in [1.82, 2.24) is 9.99 Å². The number of allylic oxidation sites excluding steroid dienone is 1. The number of hydrogen-bond acceptors (Lipinski definition) is 6. The number of hydrogen-bond donors (Lipinski definition) is 1. The summed E-state index contributed by atoms with van der Waals surface area (Å²) in [6, 6.07) is 16.4. The molecule has 4 aromatic rings. The van der Waals surface area contributed by atoms with Gasteiger partial charge in [-0.3, -0.25) is 0 Å². The summed E-state index contributed by atoms with van der Waals surface area (Å²) < 4.78 is 33.3. The molecule has 1 N–H and O–H groups in total. The van der Waals surface area contributed by atoms with E-state index in [1.54, 1.807) is 6.07 Å². The highest BCUT2D eigenvalue weighted by Crippen LogP contribution is 2.34. The van der Waals surface area contributed by atoms with E-state index in [9.17, 15) is 9.18 Å². The number of fused-ring (bicyclic) bond motifs is 1. The molecule has 220 valence electrons. The Balaban J connectivity index is 1.50. The molecule has 0 amide bonds. The number of ether oxygens (including phenoxy) is 3. The lowest BCUT2D eigenvalue weighted by molar-refractivity contribution is 0.0512. The van der Waals surface area contributed by atoms with Crippen molar-refractivity contribution in [1.29, 1.82) is 0 Å². The van der Waals surface area contributed by atoms with Crippen molar-refractivity contribution in [2.75, 3.05) is 33.0 Å². The van der Waals surface area contributed by atoms with Crippen LogP contribution in [-0.4, -0.2) is 49.2 Å². The number of nitrogens with zero attached hydrogens (tertiary/aromatic N) is 2. The predicted molar refractivity (Wildman–Crippen MR) is 166 cm³/mol. The number of esters is 1. The molecule has 7 nitrogen and oxygen atoms in total. The van der Waals surface area contributed by atoms with Crippen LogP contribution in [0.15, 0.2) is 66.3 Å². The number of rotatable bonds is 7. The van der Waals surface area contributed by atoms with Crippen molar-refractivity contribution < 1.29 is 23.4 Å². The van der Waals surface area contributed by atoms with E-state index < -0.39 is 0 Å². The summed E-state index contributed by atoms with van der Waals surface area (Å²) in [6.07, 6.45) is 3.00. The van der Waals surface area contributed by atoms with E-state index in [-0.39, 0.29) is 18.4 Å². The second kappa shape index (κ2) is 13.7. The zero-order valence-corrected chi connectivity index (χ0v) is 24.4. The van der Waals surface area contributed by atoms with E-state index in [0.29, 0.717) is 57.2 Å². The number of benzene rings is 3. The summed E-state index contributed by atoms with van der Waals surface area (Å²) in [4.78, 5) is 13.5. The van der Waals surface area contributed by atoms with Crippen LogP contribution >= 0.6 is 0 Å². The Morgan fingerprint density at radius 2 is 1.98 bits per heavy atom. The van der Waals surface area contributed by atoms with Crippen LogP contribution in [0.25, 0.3) is 27.2 Å². The van der Waals surface area contributed by atoms with Gasteiger partial charge in [0.05, 0.1) is 37.6 Å². The maximum atomic E-state index is 13.7. The predicted octanol–water partition coefficient (Wildman–Crippen LogP) is 6.91. The fraction of sp³-hybridized carbons (Fsp3) is 0.353. The number of halogens is 1. The summed E-state index contributed by atoms with van der Waals surface area (Å²) in [5, 5.41) is 7.17.